The van der Waals surface area contributed by atoms with Crippen LogP contribution in [0, 0.1) is 16.7 Å². The fraction of sp³-hybridized carbons (Fsp3) is 0.536. The number of imide groups is 1. The van der Waals surface area contributed by atoms with E-state index in [1.807, 2.05) is 26.8 Å². The molecule has 0 saturated heterocycles. The molecule has 3 rings (SSSR count). The predicted molar refractivity (Wildman–Crippen MR) is 135 cm³/mol. The maximum Gasteiger partial charge on any atom is 0.331 e. The van der Waals surface area contributed by atoms with Crippen LogP contribution in [0.15, 0.2) is 47.6 Å². The minimum atomic E-state index is -1.71. The van der Waals surface area contributed by atoms with Crippen LogP contribution < -0.4 is 0 Å². The molecule has 1 fully saturated rings. The number of aliphatic hydroxyl groups is 1. The number of nitrogens with zero attached hydrogens (tertiary/aromatic N) is 1. The number of carbonyl (C=O) groups excluding carboxylic acids is 3. The van der Waals surface area contributed by atoms with Crippen molar-refractivity contribution in [3.05, 3.63) is 47.6 Å². The number of aliphatic carboxylic acids is 2. The summed E-state index contributed by atoms with van der Waals surface area (Å²) < 4.78 is 5.76. The Kier molecular flexibility index (Phi) is 8.45. The van der Waals surface area contributed by atoms with Gasteiger partial charge in [-0.2, -0.15) is 0 Å². The van der Waals surface area contributed by atoms with Crippen molar-refractivity contribution in [3.8, 4) is 0 Å². The van der Waals surface area contributed by atoms with Gasteiger partial charge in [0, 0.05) is 29.4 Å². The van der Waals surface area contributed by atoms with Crippen LogP contribution >= 0.6 is 0 Å². The van der Waals surface area contributed by atoms with Gasteiger partial charge in [-0.05, 0) is 31.6 Å². The number of hydrogen-bond acceptors (Lipinski definition) is 7. The Morgan fingerprint density at radius 2 is 1.71 bits per heavy atom. The molecule has 1 aliphatic heterocycles. The van der Waals surface area contributed by atoms with Crippen molar-refractivity contribution in [2.45, 2.75) is 78.0 Å². The predicted octanol–water partition coefficient (Wildman–Crippen LogP) is 2.78. The van der Waals surface area contributed by atoms with Gasteiger partial charge in [-0.3, -0.25) is 19.3 Å². The Labute approximate surface area is 221 Å². The van der Waals surface area contributed by atoms with Gasteiger partial charge in [0.2, 0.25) is 0 Å². The average Bonchev–Trinajstić information content (AvgIpc) is 3.07. The van der Waals surface area contributed by atoms with Gasteiger partial charge < -0.3 is 20.1 Å². The molecule has 0 aromatic rings. The topological polar surface area (TPSA) is 159 Å². The third-order valence-electron chi connectivity index (χ3n) is 7.94. The van der Waals surface area contributed by atoms with E-state index in [-0.39, 0.29) is 11.1 Å². The molecule has 1 saturated carbocycles. The number of allylic oxidation sites excluding steroid dienone is 5. The van der Waals surface area contributed by atoms with Gasteiger partial charge in [0.1, 0.15) is 18.2 Å². The number of fused-ring (bicyclic) bond motifs is 2. The third kappa shape index (κ3) is 5.22. The zero-order chi connectivity index (χ0) is 28.4. The van der Waals surface area contributed by atoms with Gasteiger partial charge in [0.05, 0.1) is 5.57 Å². The van der Waals surface area contributed by atoms with E-state index < -0.39 is 77.6 Å². The van der Waals surface area contributed by atoms with Crippen LogP contribution in [0.25, 0.3) is 0 Å². The van der Waals surface area contributed by atoms with Crippen molar-refractivity contribution in [2.75, 3.05) is 0 Å². The van der Waals surface area contributed by atoms with Crippen LogP contribution in [0.2, 0.25) is 0 Å². The van der Waals surface area contributed by atoms with Crippen LogP contribution in [0.5, 0.6) is 0 Å². The Bertz CT molecular complexity index is 1140. The minimum Gasteiger partial charge on any atom is -0.481 e. The van der Waals surface area contributed by atoms with Gasteiger partial charge >= 0.3 is 17.9 Å². The molecule has 0 radical (unpaired) electrons. The molecule has 5 unspecified atom stereocenters. The van der Waals surface area contributed by atoms with Crippen LogP contribution in [0.3, 0.4) is 0 Å². The summed E-state index contributed by atoms with van der Waals surface area (Å²) in [6, 6.07) is -1.71. The van der Waals surface area contributed by atoms with Crippen molar-refractivity contribution < 1.29 is 44.0 Å². The standard InChI is InChI=1S/C28H35NO9/c1-5-6-7-8-9-11-18(32)38-22-21(33)19-20(28(4)15-10-14-27(2,3)23(22)28)25(35)29(24(19)34)16(26(36)37)12-13-17(30)31/h5-9,11,16,21-23,33H,10,12-15H2,1-4H3,(H,30,31)(H,36,37)/b6-5+,8-7+,11-9+. The molecule has 3 N–H and O–H groups in total. The lowest BCUT2D eigenvalue weighted by molar-refractivity contribution is -0.171. The van der Waals surface area contributed by atoms with Crippen molar-refractivity contribution in [2.24, 2.45) is 16.7 Å². The second-order valence-corrected chi connectivity index (χ2v) is 10.9. The number of amides is 2. The number of carbonyl (C=O) groups is 5. The summed E-state index contributed by atoms with van der Waals surface area (Å²) in [4.78, 5) is 63.7. The number of aliphatic hydroxyl groups excluding tert-OH is 1. The number of esters is 1. The fourth-order valence-electron chi connectivity index (χ4n) is 6.50. The lowest BCUT2D eigenvalue weighted by atomic mass is 9.49. The van der Waals surface area contributed by atoms with Crippen molar-refractivity contribution in [1.82, 2.24) is 4.90 Å². The first-order valence-corrected chi connectivity index (χ1v) is 12.7. The molecule has 38 heavy (non-hydrogen) atoms. The van der Waals surface area contributed by atoms with E-state index in [4.69, 9.17) is 9.84 Å². The molecule has 5 atom stereocenters. The number of ether oxygens (including phenoxy) is 1. The average molecular weight is 530 g/mol. The molecule has 0 spiro atoms. The molecule has 0 aromatic carbocycles. The van der Waals surface area contributed by atoms with Gasteiger partial charge in [-0.1, -0.05) is 57.6 Å². The Balaban J connectivity index is 2.05. The van der Waals surface area contributed by atoms with Crippen molar-refractivity contribution in [3.63, 3.8) is 0 Å². The zero-order valence-electron chi connectivity index (χ0n) is 22.0. The highest BCUT2D eigenvalue weighted by atomic mass is 16.6. The van der Waals surface area contributed by atoms with E-state index in [0.717, 1.165) is 6.42 Å². The summed E-state index contributed by atoms with van der Waals surface area (Å²) in [5.74, 6) is -5.91. The molecule has 3 aliphatic rings. The van der Waals surface area contributed by atoms with E-state index in [2.05, 4.69) is 0 Å². The highest BCUT2D eigenvalue weighted by Crippen LogP contribution is 2.61. The number of carboxylic acids is 2. The summed E-state index contributed by atoms with van der Waals surface area (Å²) in [6.07, 6.45) is 7.65. The summed E-state index contributed by atoms with van der Waals surface area (Å²) in [6.45, 7) is 7.54. The number of carboxylic acid groups (broad SMARTS) is 2. The second-order valence-electron chi connectivity index (χ2n) is 10.9. The van der Waals surface area contributed by atoms with Gasteiger partial charge in [-0.15, -0.1) is 0 Å². The molecular weight excluding hydrogens is 494 g/mol. The maximum atomic E-state index is 13.7. The van der Waals surface area contributed by atoms with Crippen molar-refractivity contribution >= 4 is 29.7 Å². The SMILES string of the molecule is C/C=C/C=C/C=C/C(=O)OC1C(O)C2=C(C(=O)N(C(CCC(=O)O)C(=O)O)C2=O)C2(C)CCCC(C)(C)C12. The van der Waals surface area contributed by atoms with Gasteiger partial charge in [-0.25, -0.2) is 9.59 Å². The molecule has 206 valence electrons. The summed E-state index contributed by atoms with van der Waals surface area (Å²) in [5.41, 5.74) is -1.73. The normalized spacial score (nSPS) is 29.7. The van der Waals surface area contributed by atoms with E-state index in [1.165, 1.54) is 12.2 Å². The van der Waals surface area contributed by atoms with Crippen LogP contribution in [-0.4, -0.2) is 68.2 Å². The van der Waals surface area contributed by atoms with Crippen LogP contribution in [0.4, 0.5) is 0 Å². The minimum absolute atomic E-state index is 0.0338. The van der Waals surface area contributed by atoms with Crippen LogP contribution in [0.1, 0.15) is 59.8 Å². The summed E-state index contributed by atoms with van der Waals surface area (Å²) >= 11 is 0. The number of rotatable bonds is 9. The fourth-order valence-corrected chi connectivity index (χ4v) is 6.50. The first-order chi connectivity index (χ1) is 17.8. The van der Waals surface area contributed by atoms with E-state index in [9.17, 15) is 34.2 Å². The number of hydrogen-bond donors (Lipinski definition) is 3. The maximum absolute atomic E-state index is 13.7. The molecule has 1 heterocycles. The van der Waals surface area contributed by atoms with E-state index in [1.54, 1.807) is 25.2 Å². The van der Waals surface area contributed by atoms with E-state index in [0.29, 0.717) is 17.7 Å². The molecule has 2 aliphatic carbocycles. The summed E-state index contributed by atoms with van der Waals surface area (Å²) in [5, 5.41) is 30.2. The Morgan fingerprint density at radius 3 is 2.32 bits per heavy atom. The monoisotopic (exact) mass is 529 g/mol. The largest absolute Gasteiger partial charge is 0.481 e. The third-order valence-corrected chi connectivity index (χ3v) is 7.94. The Morgan fingerprint density at radius 1 is 1.05 bits per heavy atom. The lowest BCUT2D eigenvalue weighted by Crippen LogP contribution is -2.58. The van der Waals surface area contributed by atoms with Gasteiger partial charge in [0.15, 0.2) is 0 Å². The first kappa shape index (κ1) is 29.0. The molecule has 2 amide bonds. The molecular formula is C28H35NO9. The highest BCUT2D eigenvalue weighted by Gasteiger charge is 2.65. The first-order valence-electron chi connectivity index (χ1n) is 12.7. The zero-order valence-corrected chi connectivity index (χ0v) is 22.0. The second kappa shape index (κ2) is 11.1. The lowest BCUT2D eigenvalue weighted by Gasteiger charge is -2.56. The van der Waals surface area contributed by atoms with Crippen molar-refractivity contribution in [1.29, 1.82) is 0 Å². The van der Waals surface area contributed by atoms with Crippen LogP contribution in [-0.2, 0) is 28.7 Å². The summed E-state index contributed by atoms with van der Waals surface area (Å²) in [7, 11) is 0. The quantitative estimate of drug-likeness (QED) is 0.177. The molecule has 0 bridgehead atoms. The smallest absolute Gasteiger partial charge is 0.331 e. The van der Waals surface area contributed by atoms with Gasteiger partial charge in [0.25, 0.3) is 11.8 Å². The molecule has 10 nitrogen and oxygen atoms in total. The highest BCUT2D eigenvalue weighted by molar-refractivity contribution is 6.22. The Hall–Kier alpha value is -3.53. The molecule has 10 heteroatoms. The van der Waals surface area contributed by atoms with E-state index >= 15 is 0 Å². The molecule has 0 aromatic heterocycles.